The normalized spacial score (nSPS) is 23.6. The molecule has 4 rings (SSSR count). The topological polar surface area (TPSA) is 47.6 Å². The highest BCUT2D eigenvalue weighted by atomic mass is 19.4. The summed E-state index contributed by atoms with van der Waals surface area (Å²) in [5.41, 5.74) is 0.0805. The van der Waals surface area contributed by atoms with Gasteiger partial charge < -0.3 is 14.8 Å². The number of hydrogen-bond donors (Lipinski definition) is 1. The maximum atomic E-state index is 12.6. The van der Waals surface area contributed by atoms with E-state index in [1.807, 2.05) is 24.3 Å². The van der Waals surface area contributed by atoms with Crippen LogP contribution in [0.1, 0.15) is 23.5 Å². The van der Waals surface area contributed by atoms with E-state index in [-0.39, 0.29) is 23.8 Å². The number of amides is 1. The van der Waals surface area contributed by atoms with Crippen LogP contribution in [0, 0.1) is 5.92 Å². The predicted octanol–water partition coefficient (Wildman–Crippen LogP) is 3.77. The van der Waals surface area contributed by atoms with Gasteiger partial charge in [0.1, 0.15) is 12.7 Å². The second-order valence-corrected chi connectivity index (χ2v) is 6.81. The third-order valence-corrected chi connectivity index (χ3v) is 4.86. The highest BCUT2D eigenvalue weighted by Crippen LogP contribution is 2.48. The molecule has 27 heavy (non-hydrogen) atoms. The van der Waals surface area contributed by atoms with Gasteiger partial charge in [0.05, 0.1) is 12.1 Å². The second-order valence-electron chi connectivity index (χ2n) is 6.81. The Balaban J connectivity index is 1.28. The zero-order chi connectivity index (χ0) is 19.0. The van der Waals surface area contributed by atoms with Crippen LogP contribution >= 0.6 is 0 Å². The van der Waals surface area contributed by atoms with Crippen LogP contribution < -0.4 is 14.8 Å². The van der Waals surface area contributed by atoms with Crippen LogP contribution in [0.5, 0.6) is 11.5 Å². The fraction of sp³-hybridized carbons (Fsp3) is 0.350. The van der Waals surface area contributed by atoms with Gasteiger partial charge in [-0.05, 0) is 42.2 Å². The first-order valence-corrected chi connectivity index (χ1v) is 8.75. The van der Waals surface area contributed by atoms with Crippen LogP contribution in [0.2, 0.25) is 0 Å². The fourth-order valence-electron chi connectivity index (χ4n) is 3.28. The Morgan fingerprint density at radius 2 is 1.78 bits per heavy atom. The maximum Gasteiger partial charge on any atom is 0.416 e. The van der Waals surface area contributed by atoms with Gasteiger partial charge in [0, 0.05) is 5.92 Å². The molecule has 2 aromatic rings. The first kappa shape index (κ1) is 17.7. The Morgan fingerprint density at radius 3 is 2.48 bits per heavy atom. The van der Waals surface area contributed by atoms with E-state index in [9.17, 15) is 18.0 Å². The number of rotatable bonds is 4. The van der Waals surface area contributed by atoms with E-state index >= 15 is 0 Å². The molecule has 2 aromatic carbocycles. The largest absolute Gasteiger partial charge is 0.486 e. The zero-order valence-electron chi connectivity index (χ0n) is 14.3. The third kappa shape index (κ3) is 3.86. The average Bonchev–Trinajstić information content (AvgIpc) is 3.46. The molecule has 1 N–H and O–H groups in total. The van der Waals surface area contributed by atoms with Crippen LogP contribution in [0.4, 0.5) is 13.2 Å². The summed E-state index contributed by atoms with van der Waals surface area (Å²) < 4.78 is 49.3. The van der Waals surface area contributed by atoms with E-state index in [0.717, 1.165) is 17.7 Å². The number of fused-ring (bicyclic) bond motifs is 1. The highest BCUT2D eigenvalue weighted by molar-refractivity contribution is 5.82. The molecule has 3 unspecified atom stereocenters. The van der Waals surface area contributed by atoms with E-state index in [1.54, 1.807) is 0 Å². The zero-order valence-corrected chi connectivity index (χ0v) is 14.3. The molecule has 4 nitrogen and oxygen atoms in total. The molecule has 1 heterocycles. The quantitative estimate of drug-likeness (QED) is 0.883. The van der Waals surface area contributed by atoms with Gasteiger partial charge in [0.15, 0.2) is 11.5 Å². The highest BCUT2D eigenvalue weighted by Gasteiger charge is 2.44. The number of benzene rings is 2. The van der Waals surface area contributed by atoms with Crippen LogP contribution in [-0.4, -0.2) is 25.2 Å². The Hall–Kier alpha value is -2.70. The van der Waals surface area contributed by atoms with Crippen LogP contribution in [-0.2, 0) is 11.0 Å². The third-order valence-electron chi connectivity index (χ3n) is 4.86. The van der Waals surface area contributed by atoms with E-state index in [4.69, 9.17) is 9.47 Å². The van der Waals surface area contributed by atoms with Gasteiger partial charge in [-0.3, -0.25) is 4.79 Å². The summed E-state index contributed by atoms with van der Waals surface area (Å²) in [7, 11) is 0. The Labute approximate surface area is 154 Å². The lowest BCUT2D eigenvalue weighted by molar-refractivity contribution is -0.137. The number of ether oxygens (including phenoxy) is 2. The fourth-order valence-corrected chi connectivity index (χ4v) is 3.28. The van der Waals surface area contributed by atoms with Crippen molar-refractivity contribution in [1.29, 1.82) is 0 Å². The monoisotopic (exact) mass is 377 g/mol. The van der Waals surface area contributed by atoms with Crippen LogP contribution in [0.15, 0.2) is 48.5 Å². The van der Waals surface area contributed by atoms with Gasteiger partial charge in [0.2, 0.25) is 5.91 Å². The van der Waals surface area contributed by atoms with E-state index in [0.29, 0.717) is 31.1 Å². The number of halogens is 3. The second kappa shape index (κ2) is 6.79. The minimum Gasteiger partial charge on any atom is -0.486 e. The van der Waals surface area contributed by atoms with Gasteiger partial charge >= 0.3 is 6.18 Å². The molecule has 0 saturated heterocycles. The Bertz CT molecular complexity index is 835. The number of nitrogens with one attached hydrogen (secondary N) is 1. The van der Waals surface area contributed by atoms with Crippen LogP contribution in [0.3, 0.4) is 0 Å². The maximum absolute atomic E-state index is 12.6. The van der Waals surface area contributed by atoms with Crippen molar-refractivity contribution in [3.63, 3.8) is 0 Å². The summed E-state index contributed by atoms with van der Waals surface area (Å²) in [6.45, 7) is 0.674. The smallest absolute Gasteiger partial charge is 0.416 e. The molecule has 142 valence electrons. The molecule has 0 aromatic heterocycles. The van der Waals surface area contributed by atoms with Crippen molar-refractivity contribution in [2.24, 2.45) is 5.92 Å². The molecular formula is C20H18F3NO3. The van der Waals surface area contributed by atoms with E-state index in [1.165, 1.54) is 12.1 Å². The molecule has 0 bridgehead atoms. The number of carbonyl (C=O) groups excluding carboxylic acids is 1. The number of alkyl halides is 3. The standard InChI is InChI=1S/C20H18F3NO3/c21-20(22,23)13-7-5-12(6-8-13)15-9-16(15)19(25)24-10-14-11-26-17-3-1-2-4-18(17)27-14/h1-8,14-16H,9-11H2,(H,24,25). The molecule has 2 aliphatic rings. The number of hydrogen-bond acceptors (Lipinski definition) is 3. The molecule has 1 aliphatic heterocycles. The molecule has 1 amide bonds. The van der Waals surface area contributed by atoms with Crippen molar-refractivity contribution in [3.8, 4) is 11.5 Å². The van der Waals surface area contributed by atoms with Gasteiger partial charge in [-0.2, -0.15) is 13.2 Å². The molecule has 1 fully saturated rings. The van der Waals surface area contributed by atoms with Gasteiger partial charge in [-0.15, -0.1) is 0 Å². The number of carbonyl (C=O) groups is 1. The van der Waals surface area contributed by atoms with Crippen molar-refractivity contribution in [2.45, 2.75) is 24.6 Å². The average molecular weight is 377 g/mol. The molecule has 7 heteroatoms. The summed E-state index contributed by atoms with van der Waals surface area (Å²) >= 11 is 0. The summed E-state index contributed by atoms with van der Waals surface area (Å²) in [6, 6.07) is 12.4. The molecule has 1 saturated carbocycles. The minimum absolute atomic E-state index is 0.0310. The SMILES string of the molecule is O=C(NCC1COc2ccccc2O1)C1CC1c1ccc(C(F)(F)F)cc1. The molecule has 3 atom stereocenters. The first-order chi connectivity index (χ1) is 12.9. The number of para-hydroxylation sites is 2. The van der Waals surface area contributed by atoms with Gasteiger partial charge in [-0.25, -0.2) is 0 Å². The lowest BCUT2D eigenvalue weighted by Gasteiger charge is -2.26. The van der Waals surface area contributed by atoms with Crippen molar-refractivity contribution in [2.75, 3.05) is 13.2 Å². The Kier molecular flexibility index (Phi) is 4.45. The first-order valence-electron chi connectivity index (χ1n) is 8.75. The van der Waals surface area contributed by atoms with Crippen molar-refractivity contribution in [3.05, 3.63) is 59.7 Å². The molecular weight excluding hydrogens is 359 g/mol. The minimum atomic E-state index is -4.35. The van der Waals surface area contributed by atoms with E-state index in [2.05, 4.69) is 5.32 Å². The van der Waals surface area contributed by atoms with E-state index < -0.39 is 11.7 Å². The lowest BCUT2D eigenvalue weighted by Crippen LogP contribution is -2.41. The molecule has 1 aliphatic carbocycles. The van der Waals surface area contributed by atoms with Crippen LogP contribution in [0.25, 0.3) is 0 Å². The summed E-state index contributed by atoms with van der Waals surface area (Å²) in [6.07, 6.45) is -3.98. The predicted molar refractivity (Wildman–Crippen MR) is 91.7 cm³/mol. The molecule has 0 spiro atoms. The van der Waals surface area contributed by atoms with Gasteiger partial charge in [-0.1, -0.05) is 24.3 Å². The summed E-state index contributed by atoms with van der Waals surface area (Å²) in [5.74, 6) is 0.985. The summed E-state index contributed by atoms with van der Waals surface area (Å²) in [4.78, 5) is 12.3. The van der Waals surface area contributed by atoms with Crippen molar-refractivity contribution < 1.29 is 27.4 Å². The molecule has 0 radical (unpaired) electrons. The Morgan fingerprint density at radius 1 is 1.07 bits per heavy atom. The van der Waals surface area contributed by atoms with Crippen molar-refractivity contribution >= 4 is 5.91 Å². The van der Waals surface area contributed by atoms with Crippen molar-refractivity contribution in [1.82, 2.24) is 5.32 Å². The summed E-state index contributed by atoms with van der Waals surface area (Å²) in [5, 5.41) is 2.86. The van der Waals surface area contributed by atoms with Gasteiger partial charge in [0.25, 0.3) is 0 Å². The lowest BCUT2D eigenvalue weighted by atomic mass is 10.1.